The van der Waals surface area contributed by atoms with Gasteiger partial charge >= 0.3 is 0 Å². The molecule has 1 aliphatic heterocycles. The van der Waals surface area contributed by atoms with Gasteiger partial charge in [-0.15, -0.1) is 0 Å². The SMILES string of the molecule is CCCC1=C(C)C(F)Cc2nc3c(cc21)Cn1c-3cc(COO)c(CO)c1=O. The second kappa shape index (κ2) is 7.24. The monoisotopic (exact) mass is 386 g/mol. The Labute approximate surface area is 161 Å². The predicted molar refractivity (Wildman–Crippen MR) is 102 cm³/mol. The molecule has 0 spiro atoms. The van der Waals surface area contributed by atoms with Crippen molar-refractivity contribution in [1.29, 1.82) is 0 Å². The summed E-state index contributed by atoms with van der Waals surface area (Å²) in [5.74, 6) is 0. The first kappa shape index (κ1) is 19.0. The van der Waals surface area contributed by atoms with E-state index in [4.69, 9.17) is 10.2 Å². The maximum atomic E-state index is 14.6. The molecule has 0 saturated heterocycles. The van der Waals surface area contributed by atoms with Crippen LogP contribution < -0.4 is 5.56 Å². The van der Waals surface area contributed by atoms with Gasteiger partial charge < -0.3 is 9.67 Å². The van der Waals surface area contributed by atoms with E-state index in [0.717, 1.165) is 35.1 Å². The molecule has 2 N–H and O–H groups in total. The van der Waals surface area contributed by atoms with Crippen molar-refractivity contribution in [3.8, 4) is 11.4 Å². The molecule has 0 amide bonds. The van der Waals surface area contributed by atoms with Crippen molar-refractivity contribution < 1.29 is 19.6 Å². The Morgan fingerprint density at radius 1 is 1.39 bits per heavy atom. The van der Waals surface area contributed by atoms with Gasteiger partial charge in [0.05, 0.1) is 30.2 Å². The van der Waals surface area contributed by atoms with Crippen LogP contribution in [0.2, 0.25) is 0 Å². The Hall–Kier alpha value is -2.35. The molecule has 0 saturated carbocycles. The zero-order valence-electron chi connectivity index (χ0n) is 16.0. The van der Waals surface area contributed by atoms with Crippen LogP contribution in [0.4, 0.5) is 4.39 Å². The summed E-state index contributed by atoms with van der Waals surface area (Å²) >= 11 is 0. The number of hydrogen-bond donors (Lipinski definition) is 2. The maximum Gasteiger partial charge on any atom is 0.257 e. The molecule has 2 aromatic heterocycles. The Morgan fingerprint density at radius 2 is 2.18 bits per heavy atom. The standard InChI is InChI=1S/C21H23FN2O4/c1-3-4-14-11(2)17(22)7-18-15(14)5-12-8-24-19(20(12)23-18)6-13(10-28-27)16(9-25)21(24)26/h5-6,17,25,27H,3-4,7-10H2,1-2H3. The van der Waals surface area contributed by atoms with Crippen molar-refractivity contribution in [2.45, 2.75) is 59.0 Å². The highest BCUT2D eigenvalue weighted by molar-refractivity contribution is 5.76. The van der Waals surface area contributed by atoms with Crippen LogP contribution in [-0.2, 0) is 31.1 Å². The highest BCUT2D eigenvalue weighted by atomic mass is 19.1. The van der Waals surface area contributed by atoms with Crippen LogP contribution >= 0.6 is 0 Å². The number of hydrogen-bond acceptors (Lipinski definition) is 5. The molecule has 6 nitrogen and oxygen atoms in total. The van der Waals surface area contributed by atoms with E-state index in [1.165, 1.54) is 0 Å². The summed E-state index contributed by atoms with van der Waals surface area (Å²) in [5.41, 5.74) is 5.93. The van der Waals surface area contributed by atoms with Crippen molar-refractivity contribution in [1.82, 2.24) is 9.55 Å². The van der Waals surface area contributed by atoms with Gasteiger partial charge in [0, 0.05) is 17.5 Å². The predicted octanol–water partition coefficient (Wildman–Crippen LogP) is 3.22. The van der Waals surface area contributed by atoms with E-state index in [-0.39, 0.29) is 24.2 Å². The van der Waals surface area contributed by atoms with Gasteiger partial charge in [0.25, 0.3) is 5.56 Å². The Bertz CT molecular complexity index is 1040. The van der Waals surface area contributed by atoms with E-state index in [1.807, 2.05) is 13.0 Å². The number of alkyl halides is 1. The second-order valence-corrected chi connectivity index (χ2v) is 7.43. The van der Waals surface area contributed by atoms with Gasteiger partial charge in [-0.3, -0.25) is 15.0 Å². The minimum Gasteiger partial charge on any atom is -0.391 e. The highest BCUT2D eigenvalue weighted by Crippen LogP contribution is 2.39. The summed E-state index contributed by atoms with van der Waals surface area (Å²) in [6, 6.07) is 3.74. The van der Waals surface area contributed by atoms with E-state index >= 15 is 0 Å². The van der Waals surface area contributed by atoms with Crippen LogP contribution in [0.25, 0.3) is 17.0 Å². The number of nitrogens with zero attached hydrogens (tertiary/aromatic N) is 2. The molecule has 28 heavy (non-hydrogen) atoms. The fraction of sp³-hybridized carbons (Fsp3) is 0.429. The van der Waals surface area contributed by atoms with Gasteiger partial charge in [-0.25, -0.2) is 9.28 Å². The Kier molecular flexibility index (Phi) is 4.91. The molecule has 4 rings (SSSR count). The zero-order valence-corrected chi connectivity index (χ0v) is 16.0. The summed E-state index contributed by atoms with van der Waals surface area (Å²) in [6.45, 7) is 3.63. The smallest absolute Gasteiger partial charge is 0.257 e. The molecule has 1 atom stereocenters. The number of aliphatic hydroxyl groups is 1. The summed E-state index contributed by atoms with van der Waals surface area (Å²) in [7, 11) is 0. The van der Waals surface area contributed by atoms with Crippen molar-refractivity contribution in [3.63, 3.8) is 0 Å². The van der Waals surface area contributed by atoms with Gasteiger partial charge in [0.1, 0.15) is 12.8 Å². The molecule has 0 radical (unpaired) electrons. The van der Waals surface area contributed by atoms with Crippen LogP contribution in [0.15, 0.2) is 22.5 Å². The van der Waals surface area contributed by atoms with E-state index in [2.05, 4.69) is 11.8 Å². The van der Waals surface area contributed by atoms with Gasteiger partial charge in [0.2, 0.25) is 0 Å². The summed E-state index contributed by atoms with van der Waals surface area (Å²) in [4.78, 5) is 21.8. The number of fused-ring (bicyclic) bond motifs is 4. The van der Waals surface area contributed by atoms with E-state index < -0.39 is 12.8 Å². The average Bonchev–Trinajstić information content (AvgIpc) is 3.03. The summed E-state index contributed by atoms with van der Waals surface area (Å²) < 4.78 is 16.1. The molecular formula is C21H23FN2O4. The van der Waals surface area contributed by atoms with Crippen molar-refractivity contribution in [3.05, 3.63) is 56.0 Å². The fourth-order valence-corrected chi connectivity index (χ4v) is 4.29. The van der Waals surface area contributed by atoms with Gasteiger partial charge in [-0.2, -0.15) is 0 Å². The number of halogens is 1. The molecule has 0 aromatic carbocycles. The minimum absolute atomic E-state index is 0.196. The maximum absolute atomic E-state index is 14.6. The molecule has 1 aliphatic carbocycles. The van der Waals surface area contributed by atoms with Crippen molar-refractivity contribution >= 4 is 5.57 Å². The van der Waals surface area contributed by atoms with Crippen LogP contribution in [0.5, 0.6) is 0 Å². The second-order valence-electron chi connectivity index (χ2n) is 7.43. The molecule has 2 aliphatic rings. The number of pyridine rings is 2. The molecule has 0 bridgehead atoms. The molecule has 0 fully saturated rings. The Balaban J connectivity index is 1.89. The molecular weight excluding hydrogens is 363 g/mol. The molecule has 1 unspecified atom stereocenters. The van der Waals surface area contributed by atoms with E-state index in [0.29, 0.717) is 29.2 Å². The zero-order chi connectivity index (χ0) is 20.0. The third-order valence-corrected chi connectivity index (χ3v) is 5.77. The lowest BCUT2D eigenvalue weighted by Crippen LogP contribution is -2.25. The van der Waals surface area contributed by atoms with Crippen LogP contribution in [0.3, 0.4) is 0 Å². The highest BCUT2D eigenvalue weighted by Gasteiger charge is 2.30. The lowest BCUT2D eigenvalue weighted by atomic mass is 9.85. The number of aliphatic hydroxyl groups excluding tert-OH is 1. The van der Waals surface area contributed by atoms with E-state index in [9.17, 15) is 14.3 Å². The van der Waals surface area contributed by atoms with Crippen LogP contribution in [0.1, 0.15) is 54.6 Å². The summed E-state index contributed by atoms with van der Waals surface area (Å²) in [5, 5.41) is 18.4. The number of allylic oxidation sites excluding steroid dienone is 2. The molecule has 3 heterocycles. The van der Waals surface area contributed by atoms with Crippen molar-refractivity contribution in [2.75, 3.05) is 0 Å². The van der Waals surface area contributed by atoms with Crippen LogP contribution in [0, 0.1) is 0 Å². The first-order valence-corrected chi connectivity index (χ1v) is 9.50. The van der Waals surface area contributed by atoms with Crippen molar-refractivity contribution in [2.24, 2.45) is 0 Å². The van der Waals surface area contributed by atoms with Gasteiger partial charge in [-0.05, 0) is 47.8 Å². The fourth-order valence-electron chi connectivity index (χ4n) is 4.29. The lowest BCUT2D eigenvalue weighted by Gasteiger charge is -2.24. The third-order valence-electron chi connectivity index (χ3n) is 5.77. The van der Waals surface area contributed by atoms with Gasteiger partial charge in [0.15, 0.2) is 0 Å². The molecule has 148 valence electrons. The van der Waals surface area contributed by atoms with Gasteiger partial charge in [-0.1, -0.05) is 13.3 Å². The average molecular weight is 386 g/mol. The number of rotatable bonds is 5. The van der Waals surface area contributed by atoms with Crippen LogP contribution in [-0.4, -0.2) is 26.1 Å². The quantitative estimate of drug-likeness (QED) is 0.520. The largest absolute Gasteiger partial charge is 0.391 e. The third kappa shape index (κ3) is 2.82. The first-order chi connectivity index (χ1) is 13.5. The molecule has 2 aromatic rings. The first-order valence-electron chi connectivity index (χ1n) is 9.50. The topological polar surface area (TPSA) is 84.6 Å². The summed E-state index contributed by atoms with van der Waals surface area (Å²) in [6.07, 6.45) is 0.894. The lowest BCUT2D eigenvalue weighted by molar-refractivity contribution is -0.253. The number of aromatic nitrogens is 2. The minimum atomic E-state index is -1.04. The van der Waals surface area contributed by atoms with E-state index in [1.54, 1.807) is 10.6 Å². The normalized spacial score (nSPS) is 17.5. The Morgan fingerprint density at radius 3 is 2.86 bits per heavy atom. The molecule has 7 heteroatoms.